The Bertz CT molecular complexity index is 397. The first kappa shape index (κ1) is 15.6. The van der Waals surface area contributed by atoms with Gasteiger partial charge in [-0.25, -0.2) is 0 Å². The minimum absolute atomic E-state index is 0.266. The second-order valence-electron chi connectivity index (χ2n) is 4.54. The van der Waals surface area contributed by atoms with Gasteiger partial charge in [0.2, 0.25) is 0 Å². The highest BCUT2D eigenvalue weighted by atomic mass is 35.5. The van der Waals surface area contributed by atoms with Crippen LogP contribution < -0.4 is 5.32 Å². The molecule has 1 rings (SSSR count). The average Bonchev–Trinajstić information content (AvgIpc) is 2.40. The zero-order valence-electron chi connectivity index (χ0n) is 11.8. The minimum atomic E-state index is 0.266. The quantitative estimate of drug-likeness (QED) is 0.855. The smallest absolute Gasteiger partial charge is 0.155 e. The fraction of sp³-hybridized carbons (Fsp3) is 0.692. The molecule has 0 atom stereocenters. The van der Waals surface area contributed by atoms with Crippen LogP contribution in [0, 0.1) is 13.8 Å². The fourth-order valence-corrected chi connectivity index (χ4v) is 2.82. The molecule has 0 aliphatic carbocycles. The zero-order chi connectivity index (χ0) is 13.8. The van der Waals surface area contributed by atoms with E-state index in [1.54, 1.807) is 0 Å². The van der Waals surface area contributed by atoms with E-state index in [2.05, 4.69) is 35.6 Å². The monoisotopic (exact) mass is 287 g/mol. The summed E-state index contributed by atoms with van der Waals surface area (Å²) in [4.78, 5) is 0. The van der Waals surface area contributed by atoms with E-state index in [4.69, 9.17) is 11.6 Å². The summed E-state index contributed by atoms with van der Waals surface area (Å²) in [5, 5.41) is 12.0. The Labute approximate surface area is 119 Å². The molecule has 0 aliphatic heterocycles. The van der Waals surface area contributed by atoms with E-state index < -0.39 is 0 Å². The normalized spacial score (nSPS) is 11.7. The minimum Gasteiger partial charge on any atom is -0.367 e. The number of hydrogen-bond acceptors (Lipinski definition) is 4. The maximum Gasteiger partial charge on any atom is 0.155 e. The molecule has 0 fully saturated rings. The Balaban J connectivity index is 2.83. The third-order valence-corrected chi connectivity index (χ3v) is 5.71. The molecule has 0 aliphatic rings. The lowest BCUT2D eigenvalue weighted by Gasteiger charge is -2.30. The zero-order valence-corrected chi connectivity index (χ0v) is 13.4. The highest BCUT2D eigenvalue weighted by Crippen LogP contribution is 2.31. The molecule has 0 saturated heterocycles. The molecular weight excluding hydrogens is 266 g/mol. The van der Waals surface area contributed by atoms with Crippen LogP contribution >= 0.6 is 23.4 Å². The highest BCUT2D eigenvalue weighted by Gasteiger charge is 2.25. The molecule has 0 saturated carbocycles. The molecule has 0 aromatic carbocycles. The number of aromatic nitrogens is 2. The molecule has 1 heterocycles. The van der Waals surface area contributed by atoms with Gasteiger partial charge < -0.3 is 5.32 Å². The van der Waals surface area contributed by atoms with Crippen LogP contribution in [0.3, 0.4) is 0 Å². The summed E-state index contributed by atoms with van der Waals surface area (Å²) < 4.78 is 0.266. The van der Waals surface area contributed by atoms with Crippen LogP contribution in [-0.2, 0) is 0 Å². The van der Waals surface area contributed by atoms with Gasteiger partial charge in [0, 0.05) is 11.3 Å². The summed E-state index contributed by atoms with van der Waals surface area (Å²) in [5.41, 5.74) is 2.08. The molecule has 102 valence electrons. The topological polar surface area (TPSA) is 37.8 Å². The molecule has 0 radical (unpaired) electrons. The Morgan fingerprint density at radius 1 is 1.17 bits per heavy atom. The van der Waals surface area contributed by atoms with Gasteiger partial charge in [0.1, 0.15) is 0 Å². The van der Waals surface area contributed by atoms with Crippen molar-refractivity contribution in [3.63, 3.8) is 0 Å². The van der Waals surface area contributed by atoms with Gasteiger partial charge in [-0.2, -0.15) is 11.8 Å². The second kappa shape index (κ2) is 6.62. The Morgan fingerprint density at radius 2 is 1.78 bits per heavy atom. The first-order chi connectivity index (χ1) is 8.49. The SMILES string of the molecule is CCC(CC)(CNc1nnc(Cl)c(C)c1C)SC. The van der Waals surface area contributed by atoms with E-state index in [1.165, 1.54) is 0 Å². The summed E-state index contributed by atoms with van der Waals surface area (Å²) in [6, 6.07) is 0. The van der Waals surface area contributed by atoms with Crippen molar-refractivity contribution < 1.29 is 0 Å². The van der Waals surface area contributed by atoms with Crippen LogP contribution in [0.5, 0.6) is 0 Å². The molecule has 0 unspecified atom stereocenters. The molecule has 1 N–H and O–H groups in total. The standard InChI is InChI=1S/C13H22ClN3S/c1-6-13(7-2,18-5)8-15-12-10(4)9(3)11(14)16-17-12/h6-8H2,1-5H3,(H,15,17). The lowest BCUT2D eigenvalue weighted by atomic mass is 10.0. The summed E-state index contributed by atoms with van der Waals surface area (Å²) in [6.07, 6.45) is 4.44. The molecule has 5 heteroatoms. The van der Waals surface area contributed by atoms with Gasteiger partial charge in [-0.3, -0.25) is 0 Å². The molecule has 1 aromatic heterocycles. The van der Waals surface area contributed by atoms with Crippen LogP contribution in [0.25, 0.3) is 0 Å². The molecule has 0 amide bonds. The molecular formula is C13H22ClN3S. The number of halogens is 1. The van der Waals surface area contributed by atoms with E-state index in [9.17, 15) is 0 Å². The van der Waals surface area contributed by atoms with Crippen molar-refractivity contribution in [1.82, 2.24) is 10.2 Å². The van der Waals surface area contributed by atoms with E-state index in [-0.39, 0.29) is 4.75 Å². The summed E-state index contributed by atoms with van der Waals surface area (Å²) in [5.74, 6) is 0.845. The Morgan fingerprint density at radius 3 is 2.28 bits per heavy atom. The fourth-order valence-electron chi connectivity index (χ4n) is 1.85. The van der Waals surface area contributed by atoms with Gasteiger partial charge in [0.05, 0.1) is 0 Å². The average molecular weight is 288 g/mol. The second-order valence-corrected chi connectivity index (χ2v) is 6.17. The van der Waals surface area contributed by atoms with Crippen LogP contribution in [0.15, 0.2) is 0 Å². The van der Waals surface area contributed by atoms with Crippen molar-refractivity contribution in [3.05, 3.63) is 16.3 Å². The van der Waals surface area contributed by atoms with Crippen LogP contribution in [0.2, 0.25) is 5.15 Å². The molecule has 0 bridgehead atoms. The highest BCUT2D eigenvalue weighted by molar-refractivity contribution is 8.00. The van der Waals surface area contributed by atoms with Gasteiger partial charge in [0.15, 0.2) is 11.0 Å². The van der Waals surface area contributed by atoms with Crippen molar-refractivity contribution in [2.75, 3.05) is 18.1 Å². The third-order valence-electron chi connectivity index (χ3n) is 3.76. The van der Waals surface area contributed by atoms with Gasteiger partial charge in [0.25, 0.3) is 0 Å². The lowest BCUT2D eigenvalue weighted by molar-refractivity contribution is 0.573. The van der Waals surface area contributed by atoms with E-state index >= 15 is 0 Å². The summed E-state index contributed by atoms with van der Waals surface area (Å²) in [6.45, 7) is 9.36. The lowest BCUT2D eigenvalue weighted by Crippen LogP contribution is -2.32. The Kier molecular flexibility index (Phi) is 5.73. The predicted octanol–water partition coefficient (Wildman–Crippen LogP) is 4.08. The van der Waals surface area contributed by atoms with Crippen LogP contribution in [-0.4, -0.2) is 27.7 Å². The number of anilines is 1. The van der Waals surface area contributed by atoms with Gasteiger partial charge >= 0.3 is 0 Å². The maximum absolute atomic E-state index is 5.95. The predicted molar refractivity (Wildman–Crippen MR) is 81.8 cm³/mol. The van der Waals surface area contributed by atoms with Gasteiger partial charge in [-0.05, 0) is 44.1 Å². The van der Waals surface area contributed by atoms with Crippen molar-refractivity contribution in [3.8, 4) is 0 Å². The summed E-state index contributed by atoms with van der Waals surface area (Å²) >= 11 is 7.87. The van der Waals surface area contributed by atoms with E-state index in [0.717, 1.165) is 36.3 Å². The number of nitrogens with one attached hydrogen (secondary N) is 1. The molecule has 3 nitrogen and oxygen atoms in total. The Hall–Kier alpha value is -0.480. The number of nitrogens with zero attached hydrogens (tertiary/aromatic N) is 2. The van der Waals surface area contributed by atoms with Crippen LogP contribution in [0.4, 0.5) is 5.82 Å². The largest absolute Gasteiger partial charge is 0.367 e. The first-order valence-corrected chi connectivity index (χ1v) is 7.88. The van der Waals surface area contributed by atoms with Crippen molar-refractivity contribution in [1.29, 1.82) is 0 Å². The van der Waals surface area contributed by atoms with Crippen molar-refractivity contribution in [2.24, 2.45) is 0 Å². The van der Waals surface area contributed by atoms with Crippen LogP contribution in [0.1, 0.15) is 37.8 Å². The van der Waals surface area contributed by atoms with Gasteiger partial charge in [-0.1, -0.05) is 25.4 Å². The molecule has 0 spiro atoms. The maximum atomic E-state index is 5.95. The summed E-state index contributed by atoms with van der Waals surface area (Å²) in [7, 11) is 0. The molecule has 18 heavy (non-hydrogen) atoms. The number of hydrogen-bond donors (Lipinski definition) is 1. The van der Waals surface area contributed by atoms with Gasteiger partial charge in [-0.15, -0.1) is 10.2 Å². The van der Waals surface area contributed by atoms with E-state index in [0.29, 0.717) is 5.15 Å². The molecule has 1 aromatic rings. The first-order valence-electron chi connectivity index (χ1n) is 6.28. The third kappa shape index (κ3) is 3.29. The number of thioether (sulfide) groups is 1. The van der Waals surface area contributed by atoms with Crippen molar-refractivity contribution in [2.45, 2.75) is 45.3 Å². The van der Waals surface area contributed by atoms with E-state index in [1.807, 2.05) is 25.6 Å². The number of rotatable bonds is 6. The van der Waals surface area contributed by atoms with Crippen molar-refractivity contribution >= 4 is 29.2 Å².